The van der Waals surface area contributed by atoms with Crippen LogP contribution in [0.15, 0.2) is 24.3 Å². The van der Waals surface area contributed by atoms with Crippen molar-refractivity contribution in [3.63, 3.8) is 0 Å². The fraction of sp³-hybridized carbons (Fsp3) is 0.385. The van der Waals surface area contributed by atoms with Crippen molar-refractivity contribution < 1.29 is 9.90 Å². The number of rotatable bonds is 4. The first-order chi connectivity index (χ1) is 8.96. The maximum absolute atomic E-state index is 11.2. The van der Waals surface area contributed by atoms with Gasteiger partial charge in [-0.1, -0.05) is 19.1 Å². The number of tetrazole rings is 1. The van der Waals surface area contributed by atoms with E-state index < -0.39 is 11.4 Å². The molecule has 0 atom stereocenters. The zero-order valence-electron chi connectivity index (χ0n) is 11.2. The number of benzene rings is 1. The summed E-state index contributed by atoms with van der Waals surface area (Å²) in [4.78, 5) is 11.2. The summed E-state index contributed by atoms with van der Waals surface area (Å²) in [5.41, 5.74) is 0.661. The molecular weight excluding hydrogens is 244 g/mol. The quantitative estimate of drug-likeness (QED) is 0.902. The van der Waals surface area contributed by atoms with E-state index in [4.69, 9.17) is 0 Å². The molecule has 2 rings (SSSR count). The number of carboxylic acid groups (broad SMARTS) is 1. The largest absolute Gasteiger partial charge is 0.481 e. The second-order valence-electron chi connectivity index (χ2n) is 4.84. The van der Waals surface area contributed by atoms with Gasteiger partial charge in [0.1, 0.15) is 0 Å². The normalized spacial score (nSPS) is 11.5. The van der Waals surface area contributed by atoms with Gasteiger partial charge in [0, 0.05) is 6.42 Å². The first kappa shape index (κ1) is 13.2. The first-order valence-corrected chi connectivity index (χ1v) is 6.08. The highest BCUT2D eigenvalue weighted by molar-refractivity contribution is 5.80. The maximum atomic E-state index is 11.2. The van der Waals surface area contributed by atoms with Crippen LogP contribution < -0.4 is 0 Å². The Morgan fingerprint density at radius 1 is 1.32 bits per heavy atom. The van der Waals surface area contributed by atoms with Crippen molar-refractivity contribution in [2.75, 3.05) is 0 Å². The van der Waals surface area contributed by atoms with E-state index in [0.717, 1.165) is 23.5 Å². The summed E-state index contributed by atoms with van der Waals surface area (Å²) in [6.07, 6.45) is 0.732. The van der Waals surface area contributed by atoms with E-state index in [1.165, 1.54) is 0 Å². The summed E-state index contributed by atoms with van der Waals surface area (Å²) in [7, 11) is 0. The van der Waals surface area contributed by atoms with Crippen LogP contribution in [0, 0.1) is 0 Å². The number of hydrogen-bond acceptors (Lipinski definition) is 4. The van der Waals surface area contributed by atoms with E-state index in [1.807, 2.05) is 19.1 Å². The van der Waals surface area contributed by atoms with Gasteiger partial charge in [0.15, 0.2) is 5.82 Å². The molecule has 1 aromatic carbocycles. The average molecular weight is 260 g/mol. The van der Waals surface area contributed by atoms with Gasteiger partial charge >= 0.3 is 5.97 Å². The molecule has 0 bridgehead atoms. The molecule has 2 aromatic rings. The highest BCUT2D eigenvalue weighted by Gasteiger charge is 2.29. The summed E-state index contributed by atoms with van der Waals surface area (Å²) < 4.78 is 1.65. The van der Waals surface area contributed by atoms with Crippen molar-refractivity contribution in [3.05, 3.63) is 35.7 Å². The number of aryl methyl sites for hydroxylation is 1. The summed E-state index contributed by atoms with van der Waals surface area (Å²) in [5, 5.41) is 20.7. The fourth-order valence-corrected chi connectivity index (χ4v) is 1.77. The van der Waals surface area contributed by atoms with Gasteiger partial charge < -0.3 is 5.11 Å². The topological polar surface area (TPSA) is 80.9 Å². The van der Waals surface area contributed by atoms with Crippen LogP contribution in [0.25, 0.3) is 5.69 Å². The zero-order chi connectivity index (χ0) is 14.0. The molecule has 6 heteroatoms. The summed E-state index contributed by atoms with van der Waals surface area (Å²) in [5.74, 6) is -0.0813. The van der Waals surface area contributed by atoms with E-state index in [0.29, 0.717) is 0 Å². The molecule has 0 saturated carbocycles. The number of nitrogens with zero attached hydrogens (tertiary/aromatic N) is 4. The lowest BCUT2D eigenvalue weighted by atomic mass is 9.85. The van der Waals surface area contributed by atoms with Gasteiger partial charge in [-0.05, 0) is 42.0 Å². The molecule has 0 radical (unpaired) electrons. The SMILES string of the molecule is CCc1nnnn1-c1ccc(C(C)(C)C(=O)O)cc1. The molecule has 1 heterocycles. The standard InChI is InChI=1S/C13H16N4O2/c1-4-11-14-15-16-17(11)10-7-5-9(6-8-10)13(2,3)12(18)19/h5-8H,4H2,1-3H3,(H,18,19). The van der Waals surface area contributed by atoms with Gasteiger partial charge in [-0.3, -0.25) is 4.79 Å². The average Bonchev–Trinajstić information content (AvgIpc) is 2.87. The lowest BCUT2D eigenvalue weighted by molar-refractivity contribution is -0.142. The summed E-state index contributed by atoms with van der Waals surface area (Å²) in [6.45, 7) is 5.34. The van der Waals surface area contributed by atoms with Crippen molar-refractivity contribution in [1.82, 2.24) is 20.2 Å². The lowest BCUT2D eigenvalue weighted by Crippen LogP contribution is -2.28. The Balaban J connectivity index is 2.37. The number of carboxylic acids is 1. The van der Waals surface area contributed by atoms with E-state index in [2.05, 4.69) is 15.5 Å². The molecule has 0 saturated heterocycles. The third-order valence-corrected chi connectivity index (χ3v) is 3.22. The molecule has 0 unspecified atom stereocenters. The minimum absolute atomic E-state index is 0.732. The first-order valence-electron chi connectivity index (χ1n) is 6.08. The van der Waals surface area contributed by atoms with Gasteiger partial charge in [-0.2, -0.15) is 4.68 Å². The van der Waals surface area contributed by atoms with Crippen molar-refractivity contribution in [2.45, 2.75) is 32.6 Å². The van der Waals surface area contributed by atoms with Crippen molar-refractivity contribution in [1.29, 1.82) is 0 Å². The molecule has 0 amide bonds. The Hall–Kier alpha value is -2.24. The second-order valence-corrected chi connectivity index (χ2v) is 4.84. The Bertz CT molecular complexity index is 587. The molecule has 1 aromatic heterocycles. The predicted molar refractivity (Wildman–Crippen MR) is 69.2 cm³/mol. The van der Waals surface area contributed by atoms with Crippen molar-refractivity contribution in [3.8, 4) is 5.69 Å². The van der Waals surface area contributed by atoms with Gasteiger partial charge in [-0.25, -0.2) is 0 Å². The van der Waals surface area contributed by atoms with Crippen LogP contribution in [0.2, 0.25) is 0 Å². The fourth-order valence-electron chi connectivity index (χ4n) is 1.77. The maximum Gasteiger partial charge on any atom is 0.313 e. The molecule has 6 nitrogen and oxygen atoms in total. The minimum Gasteiger partial charge on any atom is -0.481 e. The smallest absolute Gasteiger partial charge is 0.313 e. The van der Waals surface area contributed by atoms with Crippen LogP contribution in [0.4, 0.5) is 0 Å². The number of hydrogen-bond donors (Lipinski definition) is 1. The van der Waals surface area contributed by atoms with Crippen LogP contribution in [0.5, 0.6) is 0 Å². The third-order valence-electron chi connectivity index (χ3n) is 3.22. The molecule has 0 spiro atoms. The van der Waals surface area contributed by atoms with E-state index in [1.54, 1.807) is 30.7 Å². The third kappa shape index (κ3) is 2.33. The van der Waals surface area contributed by atoms with Crippen LogP contribution in [-0.4, -0.2) is 31.3 Å². The molecule has 0 fully saturated rings. The van der Waals surface area contributed by atoms with Crippen LogP contribution in [-0.2, 0) is 16.6 Å². The number of aromatic nitrogens is 4. The lowest BCUT2D eigenvalue weighted by Gasteiger charge is -2.19. The molecule has 0 aliphatic heterocycles. The molecular formula is C13H16N4O2. The molecule has 0 aliphatic rings. The van der Waals surface area contributed by atoms with Crippen LogP contribution >= 0.6 is 0 Å². The highest BCUT2D eigenvalue weighted by atomic mass is 16.4. The molecule has 1 N–H and O–H groups in total. The predicted octanol–water partition coefficient (Wildman–Crippen LogP) is 1.59. The zero-order valence-corrected chi connectivity index (χ0v) is 11.2. The van der Waals surface area contributed by atoms with Crippen molar-refractivity contribution >= 4 is 5.97 Å². The van der Waals surface area contributed by atoms with Gasteiger partial charge in [0.2, 0.25) is 0 Å². The Morgan fingerprint density at radius 2 is 1.95 bits per heavy atom. The Kier molecular flexibility index (Phi) is 3.33. The van der Waals surface area contributed by atoms with E-state index in [9.17, 15) is 9.90 Å². The van der Waals surface area contributed by atoms with Gasteiger partial charge in [0.25, 0.3) is 0 Å². The van der Waals surface area contributed by atoms with E-state index >= 15 is 0 Å². The summed E-state index contributed by atoms with van der Waals surface area (Å²) >= 11 is 0. The van der Waals surface area contributed by atoms with E-state index in [-0.39, 0.29) is 0 Å². The van der Waals surface area contributed by atoms with Crippen LogP contribution in [0.3, 0.4) is 0 Å². The highest BCUT2D eigenvalue weighted by Crippen LogP contribution is 2.24. The van der Waals surface area contributed by atoms with Crippen LogP contribution in [0.1, 0.15) is 32.2 Å². The van der Waals surface area contributed by atoms with Gasteiger partial charge in [-0.15, -0.1) is 5.10 Å². The minimum atomic E-state index is -0.910. The summed E-state index contributed by atoms with van der Waals surface area (Å²) in [6, 6.07) is 7.25. The number of aliphatic carboxylic acids is 1. The van der Waals surface area contributed by atoms with Crippen molar-refractivity contribution in [2.24, 2.45) is 0 Å². The Morgan fingerprint density at radius 3 is 2.47 bits per heavy atom. The second kappa shape index (κ2) is 4.79. The van der Waals surface area contributed by atoms with Gasteiger partial charge in [0.05, 0.1) is 11.1 Å². The molecule has 19 heavy (non-hydrogen) atoms. The monoisotopic (exact) mass is 260 g/mol. The molecule has 100 valence electrons. The molecule has 0 aliphatic carbocycles. The number of carbonyl (C=O) groups is 1. The Labute approximate surface area is 111 Å².